The quantitative estimate of drug-likeness (QED) is 0.245. The smallest absolute Gasteiger partial charge is 0.266 e. The molecule has 1 amide bonds. The molecular formula is C29H29Cl2N3O2. The molecule has 0 aliphatic rings. The second-order valence-corrected chi connectivity index (χ2v) is 9.51. The number of rotatable bonds is 8. The van der Waals surface area contributed by atoms with Crippen molar-refractivity contribution in [2.45, 2.75) is 46.1 Å². The van der Waals surface area contributed by atoms with E-state index in [-0.39, 0.29) is 11.5 Å². The lowest BCUT2D eigenvalue weighted by atomic mass is 10.1. The number of halogens is 2. The minimum absolute atomic E-state index is 0.156. The van der Waals surface area contributed by atoms with E-state index >= 15 is 0 Å². The van der Waals surface area contributed by atoms with Crippen LogP contribution < -0.4 is 5.56 Å². The van der Waals surface area contributed by atoms with E-state index in [4.69, 9.17) is 28.2 Å². The van der Waals surface area contributed by atoms with Crippen LogP contribution in [0.1, 0.15) is 61.4 Å². The SMILES string of the molecule is CCCN(C(=O)c1ccc(Cl)c(Cl)c1)C(CC)c1nc2ccccc2c(=O)n1-c1ccc(CC)cc1. The van der Waals surface area contributed by atoms with Crippen molar-refractivity contribution in [1.29, 1.82) is 0 Å². The molecule has 5 nitrogen and oxygen atoms in total. The molecule has 0 bridgehead atoms. The average Bonchev–Trinajstić information content (AvgIpc) is 2.90. The van der Waals surface area contributed by atoms with Crippen molar-refractivity contribution in [2.24, 2.45) is 0 Å². The fraction of sp³-hybridized carbons (Fsp3) is 0.276. The van der Waals surface area contributed by atoms with Crippen molar-refractivity contribution in [2.75, 3.05) is 6.54 Å². The maximum Gasteiger partial charge on any atom is 0.266 e. The van der Waals surface area contributed by atoms with E-state index in [2.05, 4.69) is 6.92 Å². The Labute approximate surface area is 221 Å². The summed E-state index contributed by atoms with van der Waals surface area (Å²) in [4.78, 5) is 34.3. The van der Waals surface area contributed by atoms with Crippen LogP contribution in [0.25, 0.3) is 16.6 Å². The molecule has 36 heavy (non-hydrogen) atoms. The average molecular weight is 522 g/mol. The number of amides is 1. The Morgan fingerprint density at radius 3 is 2.33 bits per heavy atom. The Morgan fingerprint density at radius 1 is 0.972 bits per heavy atom. The minimum atomic E-state index is -0.435. The van der Waals surface area contributed by atoms with Gasteiger partial charge in [-0.1, -0.05) is 68.2 Å². The number of nitrogens with zero attached hydrogens (tertiary/aromatic N) is 3. The van der Waals surface area contributed by atoms with Crippen LogP contribution in [0.2, 0.25) is 10.0 Å². The Balaban J connectivity index is 1.93. The third kappa shape index (κ3) is 5.04. The van der Waals surface area contributed by atoms with E-state index in [1.165, 1.54) is 5.56 Å². The van der Waals surface area contributed by atoms with Gasteiger partial charge >= 0.3 is 0 Å². The fourth-order valence-electron chi connectivity index (χ4n) is 4.48. The number of fused-ring (bicyclic) bond motifs is 1. The largest absolute Gasteiger partial charge is 0.328 e. The number of benzene rings is 3. The van der Waals surface area contributed by atoms with Crippen molar-refractivity contribution in [3.8, 4) is 5.69 Å². The Morgan fingerprint density at radius 2 is 1.69 bits per heavy atom. The molecule has 7 heteroatoms. The van der Waals surface area contributed by atoms with Gasteiger partial charge in [0, 0.05) is 12.1 Å². The summed E-state index contributed by atoms with van der Waals surface area (Å²) in [5.74, 6) is 0.352. The Kier molecular flexibility index (Phi) is 8.12. The molecule has 0 fully saturated rings. The van der Waals surface area contributed by atoms with Crippen LogP contribution in [0.4, 0.5) is 0 Å². The lowest BCUT2D eigenvalue weighted by molar-refractivity contribution is 0.0659. The van der Waals surface area contributed by atoms with E-state index in [0.29, 0.717) is 45.3 Å². The normalized spacial score (nSPS) is 12.0. The minimum Gasteiger partial charge on any atom is -0.328 e. The van der Waals surface area contributed by atoms with E-state index in [0.717, 1.165) is 18.5 Å². The Hall–Kier alpha value is -3.15. The number of aromatic nitrogens is 2. The lowest BCUT2D eigenvalue weighted by Gasteiger charge is -2.32. The van der Waals surface area contributed by atoms with Crippen molar-refractivity contribution in [3.63, 3.8) is 0 Å². The maximum absolute atomic E-state index is 13.8. The number of para-hydroxylation sites is 1. The maximum atomic E-state index is 13.8. The first kappa shape index (κ1) is 25.9. The molecule has 0 spiro atoms. The van der Waals surface area contributed by atoms with E-state index < -0.39 is 6.04 Å². The zero-order chi connectivity index (χ0) is 25.8. The number of carbonyl (C=O) groups is 1. The summed E-state index contributed by atoms with van der Waals surface area (Å²) in [5.41, 5.74) is 2.80. The third-order valence-corrected chi connectivity index (χ3v) is 7.10. The summed E-state index contributed by atoms with van der Waals surface area (Å²) in [5, 5.41) is 1.25. The summed E-state index contributed by atoms with van der Waals surface area (Å²) in [6, 6.07) is 19.7. The first-order valence-electron chi connectivity index (χ1n) is 12.3. The van der Waals surface area contributed by atoms with Crippen LogP contribution in [-0.4, -0.2) is 26.9 Å². The second-order valence-electron chi connectivity index (χ2n) is 8.70. The van der Waals surface area contributed by atoms with Gasteiger partial charge in [0.1, 0.15) is 5.82 Å². The topological polar surface area (TPSA) is 55.2 Å². The van der Waals surface area contributed by atoms with Gasteiger partial charge in [-0.25, -0.2) is 4.98 Å². The number of carbonyl (C=O) groups excluding carboxylic acids is 1. The predicted octanol–water partition coefficient (Wildman–Crippen LogP) is 7.26. The van der Waals surface area contributed by atoms with Gasteiger partial charge in [-0.05, 0) is 67.3 Å². The molecule has 4 aromatic rings. The van der Waals surface area contributed by atoms with Crippen LogP contribution in [0.15, 0.2) is 71.5 Å². The first-order chi connectivity index (χ1) is 17.4. The summed E-state index contributed by atoms with van der Waals surface area (Å²) >= 11 is 12.3. The molecule has 186 valence electrons. The molecule has 0 saturated heterocycles. The van der Waals surface area contributed by atoms with E-state index in [1.807, 2.05) is 56.3 Å². The molecule has 1 aromatic heterocycles. The highest BCUT2D eigenvalue weighted by molar-refractivity contribution is 6.42. The molecule has 0 aliphatic carbocycles. The summed E-state index contributed by atoms with van der Waals surface area (Å²) < 4.78 is 1.65. The van der Waals surface area contributed by atoms with E-state index in [9.17, 15) is 9.59 Å². The van der Waals surface area contributed by atoms with Gasteiger partial charge < -0.3 is 4.90 Å². The zero-order valence-electron chi connectivity index (χ0n) is 20.7. The van der Waals surface area contributed by atoms with Crippen LogP contribution >= 0.6 is 23.2 Å². The molecule has 1 unspecified atom stereocenters. The van der Waals surface area contributed by atoms with Crippen molar-refractivity contribution in [1.82, 2.24) is 14.5 Å². The summed E-state index contributed by atoms with van der Waals surface area (Å²) in [6.07, 6.45) is 2.22. The fourth-order valence-corrected chi connectivity index (χ4v) is 4.78. The first-order valence-corrected chi connectivity index (χ1v) is 13.0. The summed E-state index contributed by atoms with van der Waals surface area (Å²) in [7, 11) is 0. The lowest BCUT2D eigenvalue weighted by Crippen LogP contribution is -2.39. The molecule has 4 rings (SSSR count). The van der Waals surface area contributed by atoms with Gasteiger partial charge in [0.2, 0.25) is 0 Å². The number of hydrogen-bond acceptors (Lipinski definition) is 3. The van der Waals surface area contributed by atoms with Gasteiger partial charge in [0.25, 0.3) is 11.5 Å². The van der Waals surface area contributed by atoms with Gasteiger partial charge in [-0.2, -0.15) is 0 Å². The molecular weight excluding hydrogens is 493 g/mol. The Bertz CT molecular complexity index is 1450. The predicted molar refractivity (Wildman–Crippen MR) is 148 cm³/mol. The van der Waals surface area contributed by atoms with Crippen molar-refractivity contribution >= 4 is 40.0 Å². The molecule has 0 N–H and O–H groups in total. The molecule has 0 radical (unpaired) electrons. The van der Waals surface area contributed by atoms with Crippen LogP contribution in [0.5, 0.6) is 0 Å². The van der Waals surface area contributed by atoms with E-state index in [1.54, 1.807) is 33.7 Å². The second kappa shape index (κ2) is 11.3. The highest BCUT2D eigenvalue weighted by atomic mass is 35.5. The summed E-state index contributed by atoms with van der Waals surface area (Å²) in [6.45, 7) is 6.61. The molecule has 3 aromatic carbocycles. The van der Waals surface area contributed by atoms with Gasteiger partial charge in [-0.3, -0.25) is 14.2 Å². The van der Waals surface area contributed by atoms with Gasteiger partial charge in [-0.15, -0.1) is 0 Å². The van der Waals surface area contributed by atoms with Crippen LogP contribution in [0.3, 0.4) is 0 Å². The van der Waals surface area contributed by atoms with Gasteiger partial charge in [0.15, 0.2) is 0 Å². The van der Waals surface area contributed by atoms with Crippen molar-refractivity contribution < 1.29 is 4.79 Å². The highest BCUT2D eigenvalue weighted by Crippen LogP contribution is 2.29. The van der Waals surface area contributed by atoms with Crippen LogP contribution in [0, 0.1) is 0 Å². The van der Waals surface area contributed by atoms with Crippen molar-refractivity contribution in [3.05, 3.63) is 104 Å². The third-order valence-electron chi connectivity index (χ3n) is 6.36. The molecule has 1 heterocycles. The molecule has 1 atom stereocenters. The number of aryl methyl sites for hydroxylation is 1. The zero-order valence-corrected chi connectivity index (χ0v) is 22.2. The monoisotopic (exact) mass is 521 g/mol. The molecule has 0 saturated carbocycles. The van der Waals surface area contributed by atoms with Crippen LogP contribution in [-0.2, 0) is 6.42 Å². The standard InChI is InChI=1S/C29H29Cl2N3O2/c1-4-17-33(28(35)20-13-16-23(30)24(31)18-20)26(6-3)27-32-25-10-8-7-9-22(25)29(36)34(27)21-14-11-19(5-2)12-15-21/h7-16,18,26H,4-6,17H2,1-3H3. The number of hydrogen-bond donors (Lipinski definition) is 0. The highest BCUT2D eigenvalue weighted by Gasteiger charge is 2.29. The van der Waals surface area contributed by atoms with Gasteiger partial charge in [0.05, 0.1) is 32.7 Å². The molecule has 0 aliphatic heterocycles.